The van der Waals surface area contributed by atoms with Crippen molar-refractivity contribution in [1.82, 2.24) is 0 Å². The van der Waals surface area contributed by atoms with E-state index >= 15 is 0 Å². The zero-order chi connectivity index (χ0) is 24.2. The van der Waals surface area contributed by atoms with E-state index in [2.05, 4.69) is 9.46 Å². The predicted octanol–water partition coefficient (Wildman–Crippen LogP) is 3.59. The number of anilines is 2. The van der Waals surface area contributed by atoms with Crippen LogP contribution in [0.5, 0.6) is 0 Å². The molecule has 1 heterocycles. The second-order valence-corrected chi connectivity index (χ2v) is 11.0. The molecule has 2 aliphatic rings. The number of carbonyl (C=O) groups excluding carboxylic acids is 3. The van der Waals surface area contributed by atoms with Gasteiger partial charge in [0.05, 0.1) is 28.7 Å². The van der Waals surface area contributed by atoms with E-state index in [1.807, 2.05) is 20.8 Å². The normalized spacial score (nSPS) is 24.0. The Morgan fingerprint density at radius 3 is 2.39 bits per heavy atom. The summed E-state index contributed by atoms with van der Waals surface area (Å²) in [5, 5.41) is 0. The van der Waals surface area contributed by atoms with Crippen LogP contribution in [-0.2, 0) is 24.3 Å². The molecule has 0 aromatic heterocycles. The van der Waals surface area contributed by atoms with E-state index in [9.17, 15) is 22.8 Å². The van der Waals surface area contributed by atoms with E-state index in [0.717, 1.165) is 4.90 Å². The number of piperidine rings is 1. The second kappa shape index (κ2) is 7.69. The van der Waals surface area contributed by atoms with Crippen LogP contribution in [0.2, 0.25) is 0 Å². The van der Waals surface area contributed by atoms with Crippen molar-refractivity contribution in [2.45, 2.75) is 38.5 Å². The second-order valence-electron chi connectivity index (χ2n) is 9.30. The minimum Gasteiger partial charge on any atom is -0.465 e. The third kappa shape index (κ3) is 3.51. The van der Waals surface area contributed by atoms with Crippen LogP contribution in [0.3, 0.4) is 0 Å². The molecule has 2 aromatic rings. The lowest BCUT2D eigenvalue weighted by Crippen LogP contribution is -2.59. The number of carbonyl (C=O) groups is 3. The number of imide groups is 1. The van der Waals surface area contributed by atoms with Crippen molar-refractivity contribution in [2.75, 3.05) is 16.7 Å². The van der Waals surface area contributed by atoms with E-state index < -0.39 is 26.8 Å². The Morgan fingerprint density at radius 1 is 1.09 bits per heavy atom. The lowest BCUT2D eigenvalue weighted by Gasteiger charge is -2.47. The van der Waals surface area contributed by atoms with Gasteiger partial charge in [-0.05, 0) is 60.7 Å². The molecular weight excluding hydrogens is 444 g/mol. The quantitative estimate of drug-likeness (QED) is 0.528. The summed E-state index contributed by atoms with van der Waals surface area (Å²) < 4.78 is 33.1. The first-order chi connectivity index (χ1) is 15.4. The van der Waals surface area contributed by atoms with Crippen molar-refractivity contribution < 1.29 is 27.5 Å². The van der Waals surface area contributed by atoms with Crippen LogP contribution in [0.25, 0.3) is 0 Å². The first kappa shape index (κ1) is 23.0. The van der Waals surface area contributed by atoms with Crippen molar-refractivity contribution in [3.05, 3.63) is 54.1 Å². The maximum Gasteiger partial charge on any atom is 0.337 e. The number of rotatable bonds is 5. The van der Waals surface area contributed by atoms with E-state index in [1.165, 1.54) is 49.6 Å². The van der Waals surface area contributed by atoms with Gasteiger partial charge in [-0.15, -0.1) is 0 Å². The highest BCUT2D eigenvalue weighted by molar-refractivity contribution is 7.92. The fourth-order valence-electron chi connectivity index (χ4n) is 4.86. The summed E-state index contributed by atoms with van der Waals surface area (Å²) in [5.74, 6) is -1.42. The Bertz CT molecular complexity index is 1250. The van der Waals surface area contributed by atoms with Gasteiger partial charge in [0.15, 0.2) is 0 Å². The van der Waals surface area contributed by atoms with Gasteiger partial charge in [0.25, 0.3) is 10.0 Å². The summed E-state index contributed by atoms with van der Waals surface area (Å²) in [4.78, 5) is 39.2. The largest absolute Gasteiger partial charge is 0.465 e. The Kier molecular flexibility index (Phi) is 5.35. The molecular formula is C24H26N2O6S. The zero-order valence-corrected chi connectivity index (χ0v) is 19.7. The first-order valence-electron chi connectivity index (χ1n) is 10.6. The number of nitrogens with one attached hydrogen (secondary N) is 1. The highest BCUT2D eigenvalue weighted by atomic mass is 32.2. The lowest BCUT2D eigenvalue weighted by molar-refractivity contribution is -0.146. The number of benzene rings is 2. The molecule has 2 aromatic carbocycles. The van der Waals surface area contributed by atoms with Crippen LogP contribution >= 0.6 is 0 Å². The van der Waals surface area contributed by atoms with Crippen molar-refractivity contribution >= 4 is 39.2 Å². The van der Waals surface area contributed by atoms with Crippen LogP contribution in [0.15, 0.2) is 53.4 Å². The molecule has 4 rings (SSSR count). The van der Waals surface area contributed by atoms with Gasteiger partial charge >= 0.3 is 5.97 Å². The van der Waals surface area contributed by atoms with Crippen LogP contribution in [0.1, 0.15) is 44.0 Å². The van der Waals surface area contributed by atoms with Gasteiger partial charge in [-0.3, -0.25) is 14.3 Å². The average Bonchev–Trinajstić information content (AvgIpc) is 2.96. The van der Waals surface area contributed by atoms with Gasteiger partial charge in [-0.25, -0.2) is 18.1 Å². The summed E-state index contributed by atoms with van der Waals surface area (Å²) in [6.07, 6.45) is 1.25. The molecule has 0 radical (unpaired) electrons. The molecule has 2 fully saturated rings. The molecule has 1 N–H and O–H groups in total. The van der Waals surface area contributed by atoms with Gasteiger partial charge in [0.1, 0.15) is 0 Å². The average molecular weight is 471 g/mol. The van der Waals surface area contributed by atoms with Crippen molar-refractivity contribution in [3.8, 4) is 0 Å². The SMILES string of the molecule is COC(=O)c1ccc(NS(=O)(=O)c2cccc(N3C(=O)[C@H]4CC[C@@](C)(C3=O)C4(C)C)c2)cc1. The molecule has 0 unspecified atom stereocenters. The van der Waals surface area contributed by atoms with Gasteiger partial charge in [-0.2, -0.15) is 0 Å². The van der Waals surface area contributed by atoms with Crippen LogP contribution in [-0.4, -0.2) is 33.3 Å². The van der Waals surface area contributed by atoms with Crippen LogP contribution in [0.4, 0.5) is 11.4 Å². The number of sulfonamides is 1. The molecule has 2 atom stereocenters. The number of nitrogens with zero attached hydrogens (tertiary/aromatic N) is 1. The molecule has 1 saturated heterocycles. The van der Waals surface area contributed by atoms with E-state index in [-0.39, 0.29) is 39.6 Å². The molecule has 2 amide bonds. The third-order valence-electron chi connectivity index (χ3n) is 7.36. The molecule has 1 saturated carbocycles. The molecule has 1 aliphatic heterocycles. The molecule has 8 nitrogen and oxygen atoms in total. The molecule has 2 bridgehead atoms. The smallest absolute Gasteiger partial charge is 0.337 e. The Balaban J connectivity index is 1.63. The Morgan fingerprint density at radius 2 is 1.76 bits per heavy atom. The van der Waals surface area contributed by atoms with Crippen molar-refractivity contribution in [3.63, 3.8) is 0 Å². The van der Waals surface area contributed by atoms with Crippen LogP contribution < -0.4 is 9.62 Å². The lowest BCUT2D eigenvalue weighted by atomic mass is 9.62. The van der Waals surface area contributed by atoms with Gasteiger partial charge in [0.2, 0.25) is 11.8 Å². The number of methoxy groups -OCH3 is 1. The highest BCUT2D eigenvalue weighted by Crippen LogP contribution is 2.60. The van der Waals surface area contributed by atoms with Gasteiger partial charge < -0.3 is 4.74 Å². The number of hydrogen-bond acceptors (Lipinski definition) is 6. The minimum atomic E-state index is -4.01. The topological polar surface area (TPSA) is 110 Å². The molecule has 174 valence electrons. The van der Waals surface area contributed by atoms with Gasteiger partial charge in [-0.1, -0.05) is 26.8 Å². The monoisotopic (exact) mass is 470 g/mol. The van der Waals surface area contributed by atoms with Gasteiger partial charge in [0, 0.05) is 11.6 Å². The Hall–Kier alpha value is -3.20. The molecule has 0 spiro atoms. The highest BCUT2D eigenvalue weighted by Gasteiger charge is 2.64. The van der Waals surface area contributed by atoms with E-state index in [1.54, 1.807) is 6.07 Å². The number of esters is 1. The maximum absolute atomic E-state index is 13.4. The van der Waals surface area contributed by atoms with E-state index in [4.69, 9.17) is 0 Å². The number of fused-ring (bicyclic) bond motifs is 2. The molecule has 1 aliphatic carbocycles. The summed E-state index contributed by atoms with van der Waals surface area (Å²) in [7, 11) is -2.75. The predicted molar refractivity (Wildman–Crippen MR) is 122 cm³/mol. The third-order valence-corrected chi connectivity index (χ3v) is 8.74. The zero-order valence-electron chi connectivity index (χ0n) is 18.9. The van der Waals surface area contributed by atoms with Crippen LogP contribution in [0, 0.1) is 16.7 Å². The first-order valence-corrected chi connectivity index (χ1v) is 12.1. The standard InChI is InChI=1S/C24H26N2O6S/c1-23(2)19-12-13-24(23,3)22(29)26(20(19)27)17-6-5-7-18(14-17)33(30,31)25-16-10-8-15(9-11-16)21(28)32-4/h5-11,14,19,25H,12-13H2,1-4H3/t19-,24+/m1/s1. The van der Waals surface area contributed by atoms with E-state index in [0.29, 0.717) is 12.8 Å². The Labute approximate surface area is 193 Å². The minimum absolute atomic E-state index is 0.0834. The van der Waals surface area contributed by atoms with Crippen molar-refractivity contribution in [1.29, 1.82) is 0 Å². The number of ether oxygens (including phenoxy) is 1. The maximum atomic E-state index is 13.4. The fourth-order valence-corrected chi connectivity index (χ4v) is 5.96. The molecule has 9 heteroatoms. The fraction of sp³-hybridized carbons (Fsp3) is 0.375. The summed E-state index contributed by atoms with van der Waals surface area (Å²) in [6.45, 7) is 5.79. The number of hydrogen-bond donors (Lipinski definition) is 1. The summed E-state index contributed by atoms with van der Waals surface area (Å²) >= 11 is 0. The summed E-state index contributed by atoms with van der Waals surface area (Å²) in [6, 6.07) is 11.6. The summed E-state index contributed by atoms with van der Waals surface area (Å²) in [5.41, 5.74) is -0.372. The number of amides is 2. The molecule has 33 heavy (non-hydrogen) atoms. The van der Waals surface area contributed by atoms with Crippen molar-refractivity contribution in [2.24, 2.45) is 16.7 Å².